The molecule has 0 saturated carbocycles. The Bertz CT molecular complexity index is 207. The van der Waals surface area contributed by atoms with Gasteiger partial charge >= 0.3 is 6.18 Å². The number of aliphatic hydroxyl groups excluding tert-OH is 1. The minimum Gasteiger partial charge on any atom is -0.392 e. The van der Waals surface area contributed by atoms with Gasteiger partial charge in [0.05, 0.1) is 12.6 Å². The lowest BCUT2D eigenvalue weighted by atomic mass is 10.3. The van der Waals surface area contributed by atoms with Crippen molar-refractivity contribution >= 4 is 5.91 Å². The minimum atomic E-state index is -4.39. The molecule has 0 rings (SSSR count). The SMILES string of the molecule is CC(O)CN(C)CC(=O)NCC(F)(F)F. The number of carbonyl (C=O) groups is 1. The maximum Gasteiger partial charge on any atom is 0.405 e. The monoisotopic (exact) mass is 228 g/mol. The molecule has 1 amide bonds. The van der Waals surface area contributed by atoms with Gasteiger partial charge in [-0.05, 0) is 14.0 Å². The Labute approximate surface area is 86.1 Å². The second-order valence-electron chi connectivity index (χ2n) is 3.44. The van der Waals surface area contributed by atoms with Crippen molar-refractivity contribution in [3.05, 3.63) is 0 Å². The molecule has 0 aliphatic carbocycles. The van der Waals surface area contributed by atoms with E-state index in [0.29, 0.717) is 0 Å². The Hall–Kier alpha value is -0.820. The number of alkyl halides is 3. The number of nitrogens with zero attached hydrogens (tertiary/aromatic N) is 1. The summed E-state index contributed by atoms with van der Waals surface area (Å²) < 4.78 is 35.1. The van der Waals surface area contributed by atoms with Crippen LogP contribution in [-0.4, -0.2) is 54.9 Å². The fraction of sp³-hybridized carbons (Fsp3) is 0.875. The van der Waals surface area contributed by atoms with E-state index in [9.17, 15) is 18.0 Å². The predicted octanol–water partition coefficient (Wildman–Crippen LogP) is -0.0225. The number of amides is 1. The van der Waals surface area contributed by atoms with Crippen LogP contribution in [0, 0.1) is 0 Å². The Morgan fingerprint density at radius 2 is 2.07 bits per heavy atom. The van der Waals surface area contributed by atoms with Crippen LogP contribution in [0.1, 0.15) is 6.92 Å². The highest BCUT2D eigenvalue weighted by molar-refractivity contribution is 5.77. The molecule has 90 valence electrons. The summed E-state index contributed by atoms with van der Waals surface area (Å²) in [5.74, 6) is -0.713. The number of rotatable bonds is 5. The first-order valence-corrected chi connectivity index (χ1v) is 4.41. The third kappa shape index (κ3) is 9.48. The smallest absolute Gasteiger partial charge is 0.392 e. The fourth-order valence-electron chi connectivity index (χ4n) is 1.02. The van der Waals surface area contributed by atoms with Crippen molar-refractivity contribution < 1.29 is 23.1 Å². The van der Waals surface area contributed by atoms with Crippen molar-refractivity contribution in [2.24, 2.45) is 0 Å². The number of hydrogen-bond donors (Lipinski definition) is 2. The average Bonchev–Trinajstić information content (AvgIpc) is 1.97. The van der Waals surface area contributed by atoms with Crippen molar-refractivity contribution in [1.29, 1.82) is 0 Å². The highest BCUT2D eigenvalue weighted by Crippen LogP contribution is 2.11. The van der Waals surface area contributed by atoms with E-state index >= 15 is 0 Å². The van der Waals surface area contributed by atoms with Gasteiger partial charge in [0.2, 0.25) is 5.91 Å². The van der Waals surface area contributed by atoms with Gasteiger partial charge in [0, 0.05) is 6.54 Å². The molecule has 2 N–H and O–H groups in total. The fourth-order valence-corrected chi connectivity index (χ4v) is 1.02. The van der Waals surface area contributed by atoms with Gasteiger partial charge in [-0.15, -0.1) is 0 Å². The zero-order valence-electron chi connectivity index (χ0n) is 8.64. The molecule has 0 radical (unpaired) electrons. The summed E-state index contributed by atoms with van der Waals surface area (Å²) in [7, 11) is 1.54. The van der Waals surface area contributed by atoms with E-state index in [0.717, 1.165) is 0 Å². The zero-order chi connectivity index (χ0) is 12.1. The van der Waals surface area contributed by atoms with Crippen molar-refractivity contribution in [1.82, 2.24) is 10.2 Å². The van der Waals surface area contributed by atoms with Crippen LogP contribution in [0.5, 0.6) is 0 Å². The first-order chi connectivity index (χ1) is 6.70. The molecule has 1 unspecified atom stereocenters. The van der Waals surface area contributed by atoms with Gasteiger partial charge in [0.1, 0.15) is 6.54 Å². The van der Waals surface area contributed by atoms with Gasteiger partial charge in [-0.3, -0.25) is 9.69 Å². The molecule has 0 saturated heterocycles. The molecule has 7 heteroatoms. The summed E-state index contributed by atoms with van der Waals surface area (Å²) in [5.41, 5.74) is 0. The summed E-state index contributed by atoms with van der Waals surface area (Å²) in [4.78, 5) is 12.4. The second-order valence-corrected chi connectivity index (χ2v) is 3.44. The van der Waals surface area contributed by atoms with Crippen molar-refractivity contribution in [2.75, 3.05) is 26.7 Å². The Kier molecular flexibility index (Phi) is 5.59. The van der Waals surface area contributed by atoms with E-state index in [1.165, 1.54) is 11.8 Å². The Morgan fingerprint density at radius 1 is 1.53 bits per heavy atom. The number of halogens is 3. The largest absolute Gasteiger partial charge is 0.405 e. The van der Waals surface area contributed by atoms with Crippen LogP contribution in [-0.2, 0) is 4.79 Å². The molecule has 0 aliphatic heterocycles. The van der Waals surface area contributed by atoms with Crippen LogP contribution < -0.4 is 5.32 Å². The van der Waals surface area contributed by atoms with Gasteiger partial charge in [0.15, 0.2) is 0 Å². The second kappa shape index (κ2) is 5.92. The van der Waals surface area contributed by atoms with Gasteiger partial charge in [-0.25, -0.2) is 0 Å². The van der Waals surface area contributed by atoms with Crippen molar-refractivity contribution in [3.8, 4) is 0 Å². The molecule has 0 bridgehead atoms. The maximum absolute atomic E-state index is 11.7. The topological polar surface area (TPSA) is 52.6 Å². The molecular formula is C8H15F3N2O2. The first-order valence-electron chi connectivity index (χ1n) is 4.41. The average molecular weight is 228 g/mol. The maximum atomic E-state index is 11.7. The van der Waals surface area contributed by atoms with E-state index in [1.54, 1.807) is 12.4 Å². The van der Waals surface area contributed by atoms with E-state index in [2.05, 4.69) is 0 Å². The third-order valence-corrected chi connectivity index (χ3v) is 1.48. The van der Waals surface area contributed by atoms with Gasteiger partial charge in [-0.2, -0.15) is 13.2 Å². The summed E-state index contributed by atoms with van der Waals surface area (Å²) in [6.07, 6.45) is -5.01. The summed E-state index contributed by atoms with van der Waals surface area (Å²) in [6, 6.07) is 0. The lowest BCUT2D eigenvalue weighted by Crippen LogP contribution is -2.41. The van der Waals surface area contributed by atoms with Gasteiger partial charge in [0.25, 0.3) is 0 Å². The number of nitrogens with one attached hydrogen (secondary N) is 1. The first kappa shape index (κ1) is 14.2. The lowest BCUT2D eigenvalue weighted by Gasteiger charge is -2.17. The molecule has 0 fully saturated rings. The number of likely N-dealkylation sites (N-methyl/N-ethyl adjacent to an activating group) is 1. The normalized spacial score (nSPS) is 14.1. The van der Waals surface area contributed by atoms with Gasteiger partial charge < -0.3 is 10.4 Å². The van der Waals surface area contributed by atoms with E-state index in [4.69, 9.17) is 5.11 Å². The van der Waals surface area contributed by atoms with Crippen LogP contribution >= 0.6 is 0 Å². The highest BCUT2D eigenvalue weighted by atomic mass is 19.4. The predicted molar refractivity (Wildman–Crippen MR) is 48.2 cm³/mol. The number of carbonyl (C=O) groups excluding carboxylic acids is 1. The molecule has 0 aromatic rings. The van der Waals surface area contributed by atoms with Crippen LogP contribution in [0.15, 0.2) is 0 Å². The van der Waals surface area contributed by atoms with E-state index in [1.807, 2.05) is 0 Å². The van der Waals surface area contributed by atoms with Crippen molar-refractivity contribution in [3.63, 3.8) is 0 Å². The molecule has 0 aromatic carbocycles. The third-order valence-electron chi connectivity index (χ3n) is 1.48. The van der Waals surface area contributed by atoms with Crippen LogP contribution in [0.25, 0.3) is 0 Å². The van der Waals surface area contributed by atoms with Gasteiger partial charge in [-0.1, -0.05) is 0 Å². The standard InChI is InChI=1S/C8H15F3N2O2/c1-6(14)3-13(2)4-7(15)12-5-8(9,10)11/h6,14H,3-5H2,1-2H3,(H,12,15). The lowest BCUT2D eigenvalue weighted by molar-refractivity contribution is -0.139. The number of aliphatic hydroxyl groups is 1. The summed E-state index contributed by atoms with van der Waals surface area (Å²) in [5, 5.41) is 10.7. The minimum absolute atomic E-state index is 0.166. The quantitative estimate of drug-likeness (QED) is 0.695. The van der Waals surface area contributed by atoms with E-state index in [-0.39, 0.29) is 13.1 Å². The molecule has 0 aromatic heterocycles. The van der Waals surface area contributed by atoms with Crippen LogP contribution in [0.3, 0.4) is 0 Å². The number of hydrogen-bond acceptors (Lipinski definition) is 3. The molecular weight excluding hydrogens is 213 g/mol. The Morgan fingerprint density at radius 3 is 2.47 bits per heavy atom. The molecule has 15 heavy (non-hydrogen) atoms. The Balaban J connectivity index is 3.74. The van der Waals surface area contributed by atoms with Crippen molar-refractivity contribution in [2.45, 2.75) is 19.2 Å². The van der Waals surface area contributed by atoms with Crippen LogP contribution in [0.4, 0.5) is 13.2 Å². The molecule has 1 atom stereocenters. The van der Waals surface area contributed by atoms with E-state index < -0.39 is 24.7 Å². The molecule has 4 nitrogen and oxygen atoms in total. The molecule has 0 heterocycles. The summed E-state index contributed by atoms with van der Waals surface area (Å²) >= 11 is 0. The summed E-state index contributed by atoms with van der Waals surface area (Å²) in [6.45, 7) is 0.277. The molecule has 0 spiro atoms. The highest BCUT2D eigenvalue weighted by Gasteiger charge is 2.27. The zero-order valence-corrected chi connectivity index (χ0v) is 8.64. The van der Waals surface area contributed by atoms with Crippen LogP contribution in [0.2, 0.25) is 0 Å². The molecule has 0 aliphatic rings.